The van der Waals surface area contributed by atoms with Gasteiger partial charge in [0.1, 0.15) is 18.0 Å². The highest BCUT2D eigenvalue weighted by molar-refractivity contribution is 5.78. The SMILES string of the molecule is Cc1ccc([C@@H]2CCON2C(=O)[C@H]2CC[C@H](Cc3cc(-n4ccnc4C)ncn3)CC2)cc1. The van der Waals surface area contributed by atoms with E-state index in [1.807, 2.05) is 17.7 Å². The van der Waals surface area contributed by atoms with Crippen LogP contribution < -0.4 is 0 Å². The Labute approximate surface area is 194 Å². The molecule has 0 unspecified atom stereocenters. The summed E-state index contributed by atoms with van der Waals surface area (Å²) in [6, 6.07) is 10.5. The molecule has 1 saturated carbocycles. The van der Waals surface area contributed by atoms with Gasteiger partial charge in [-0.05, 0) is 57.4 Å². The van der Waals surface area contributed by atoms with Crippen molar-refractivity contribution < 1.29 is 9.63 Å². The van der Waals surface area contributed by atoms with Gasteiger partial charge in [0.05, 0.1) is 12.6 Å². The van der Waals surface area contributed by atoms with Crippen molar-refractivity contribution in [3.05, 3.63) is 71.7 Å². The van der Waals surface area contributed by atoms with Gasteiger partial charge in [0, 0.05) is 36.5 Å². The van der Waals surface area contributed by atoms with Gasteiger partial charge in [-0.1, -0.05) is 29.8 Å². The van der Waals surface area contributed by atoms with Crippen LogP contribution in [-0.2, 0) is 16.1 Å². The van der Waals surface area contributed by atoms with E-state index in [0.717, 1.165) is 61.4 Å². The number of hydrogen-bond acceptors (Lipinski definition) is 5. The monoisotopic (exact) mass is 445 g/mol. The van der Waals surface area contributed by atoms with Crippen molar-refractivity contribution in [3.8, 4) is 5.82 Å². The van der Waals surface area contributed by atoms with Crippen molar-refractivity contribution in [1.29, 1.82) is 0 Å². The third-order valence-electron chi connectivity index (χ3n) is 7.06. The number of aromatic nitrogens is 4. The van der Waals surface area contributed by atoms with E-state index in [1.54, 1.807) is 17.6 Å². The second-order valence-corrected chi connectivity index (χ2v) is 9.35. The Morgan fingerprint density at radius 1 is 1.03 bits per heavy atom. The number of carbonyl (C=O) groups excluding carboxylic acids is 1. The summed E-state index contributed by atoms with van der Waals surface area (Å²) in [5.41, 5.74) is 3.43. The lowest BCUT2D eigenvalue weighted by molar-refractivity contribution is -0.183. The lowest BCUT2D eigenvalue weighted by atomic mass is 9.79. The summed E-state index contributed by atoms with van der Waals surface area (Å²) < 4.78 is 1.97. The zero-order valence-electron chi connectivity index (χ0n) is 19.4. The average molecular weight is 446 g/mol. The Kier molecular flexibility index (Phi) is 6.22. The van der Waals surface area contributed by atoms with Crippen molar-refractivity contribution in [1.82, 2.24) is 24.6 Å². The second kappa shape index (κ2) is 9.43. The lowest BCUT2D eigenvalue weighted by Gasteiger charge is -2.32. The Bertz CT molecular complexity index is 1100. The van der Waals surface area contributed by atoms with Crippen LogP contribution in [0.4, 0.5) is 0 Å². The normalized spacial score (nSPS) is 23.1. The molecule has 0 radical (unpaired) electrons. The number of hydrogen-bond donors (Lipinski definition) is 0. The molecule has 5 rings (SSSR count). The fraction of sp³-hybridized carbons (Fsp3) is 0.462. The number of benzene rings is 1. The van der Waals surface area contributed by atoms with Gasteiger partial charge >= 0.3 is 0 Å². The molecule has 1 aromatic carbocycles. The summed E-state index contributed by atoms with van der Waals surface area (Å²) in [6.45, 7) is 4.65. The molecule has 1 atom stereocenters. The molecule has 0 N–H and O–H groups in total. The number of amides is 1. The quantitative estimate of drug-likeness (QED) is 0.577. The minimum Gasteiger partial charge on any atom is -0.288 e. The minimum absolute atomic E-state index is 0.0295. The molecule has 3 aromatic rings. The van der Waals surface area contributed by atoms with Gasteiger partial charge < -0.3 is 0 Å². The first-order chi connectivity index (χ1) is 16.1. The molecule has 2 fully saturated rings. The molecule has 1 saturated heterocycles. The largest absolute Gasteiger partial charge is 0.288 e. The van der Waals surface area contributed by atoms with Gasteiger partial charge in [0.2, 0.25) is 5.91 Å². The standard InChI is InChI=1S/C26H31N5O2/c1-18-3-7-21(8-4-18)24-11-14-33-31(24)26(32)22-9-5-20(6-10-22)15-23-16-25(29-17-28-23)30-13-12-27-19(30)2/h3-4,7-8,12-13,16-17,20,22,24H,5-6,9-11,14-15H2,1-2H3/t20-,22-,24-/m0/s1. The van der Waals surface area contributed by atoms with E-state index in [2.05, 4.69) is 52.2 Å². The van der Waals surface area contributed by atoms with Crippen molar-refractivity contribution in [3.63, 3.8) is 0 Å². The van der Waals surface area contributed by atoms with Crippen LogP contribution in [0.15, 0.2) is 49.1 Å². The highest BCUT2D eigenvalue weighted by Crippen LogP contribution is 2.37. The van der Waals surface area contributed by atoms with Crippen molar-refractivity contribution in [2.75, 3.05) is 6.61 Å². The van der Waals surface area contributed by atoms with E-state index >= 15 is 0 Å². The van der Waals surface area contributed by atoms with E-state index in [1.165, 1.54) is 5.56 Å². The highest BCUT2D eigenvalue weighted by Gasteiger charge is 2.37. The van der Waals surface area contributed by atoms with E-state index in [0.29, 0.717) is 12.5 Å². The Morgan fingerprint density at radius 2 is 1.82 bits per heavy atom. The minimum atomic E-state index is 0.0295. The fourth-order valence-electron chi connectivity index (χ4n) is 5.12. The molecule has 7 heteroatoms. The van der Waals surface area contributed by atoms with Gasteiger partial charge in [0.25, 0.3) is 0 Å². The van der Waals surface area contributed by atoms with E-state index in [-0.39, 0.29) is 17.9 Å². The zero-order chi connectivity index (χ0) is 22.8. The smallest absolute Gasteiger partial charge is 0.249 e. The zero-order valence-corrected chi connectivity index (χ0v) is 19.4. The molecule has 1 aliphatic heterocycles. The number of rotatable bonds is 5. The molecule has 2 aromatic heterocycles. The lowest BCUT2D eigenvalue weighted by Crippen LogP contribution is -2.36. The Morgan fingerprint density at radius 3 is 2.55 bits per heavy atom. The molecule has 33 heavy (non-hydrogen) atoms. The van der Waals surface area contributed by atoms with Gasteiger partial charge in [-0.15, -0.1) is 0 Å². The molecule has 3 heterocycles. The van der Waals surface area contributed by atoms with Crippen LogP contribution in [0.5, 0.6) is 0 Å². The van der Waals surface area contributed by atoms with Gasteiger partial charge in [-0.25, -0.2) is 20.0 Å². The average Bonchev–Trinajstić information content (AvgIpc) is 3.49. The molecular formula is C26H31N5O2. The van der Waals surface area contributed by atoms with Crippen LogP contribution in [0.25, 0.3) is 5.82 Å². The molecule has 1 aliphatic carbocycles. The molecule has 2 aliphatic rings. The summed E-state index contributed by atoms with van der Waals surface area (Å²) in [4.78, 5) is 32.3. The summed E-state index contributed by atoms with van der Waals surface area (Å²) >= 11 is 0. The van der Waals surface area contributed by atoms with Crippen LogP contribution in [0.3, 0.4) is 0 Å². The first-order valence-corrected chi connectivity index (χ1v) is 11.9. The highest BCUT2D eigenvalue weighted by atomic mass is 16.7. The maximum Gasteiger partial charge on any atom is 0.249 e. The molecule has 0 bridgehead atoms. The third kappa shape index (κ3) is 4.69. The maximum atomic E-state index is 13.3. The number of aryl methyl sites for hydroxylation is 2. The number of nitrogens with zero attached hydrogens (tertiary/aromatic N) is 5. The summed E-state index contributed by atoms with van der Waals surface area (Å²) in [5.74, 6) is 2.49. The first-order valence-electron chi connectivity index (χ1n) is 11.9. The van der Waals surface area contributed by atoms with Crippen LogP contribution >= 0.6 is 0 Å². The summed E-state index contributed by atoms with van der Waals surface area (Å²) in [7, 11) is 0. The van der Waals surface area contributed by atoms with Gasteiger partial charge in [-0.3, -0.25) is 14.2 Å². The van der Waals surface area contributed by atoms with E-state index < -0.39 is 0 Å². The van der Waals surface area contributed by atoms with Gasteiger partial charge in [0.15, 0.2) is 0 Å². The number of hydroxylamine groups is 2. The fourth-order valence-corrected chi connectivity index (χ4v) is 5.12. The summed E-state index contributed by atoms with van der Waals surface area (Å²) in [6.07, 6.45) is 11.0. The van der Waals surface area contributed by atoms with Crippen LogP contribution in [0.1, 0.15) is 60.8 Å². The van der Waals surface area contributed by atoms with Gasteiger partial charge in [-0.2, -0.15) is 0 Å². The second-order valence-electron chi connectivity index (χ2n) is 9.35. The summed E-state index contributed by atoms with van der Waals surface area (Å²) in [5, 5.41) is 1.67. The number of imidazole rings is 1. The van der Waals surface area contributed by atoms with E-state index in [9.17, 15) is 4.79 Å². The molecule has 172 valence electrons. The van der Waals surface area contributed by atoms with Crippen LogP contribution in [-0.4, -0.2) is 37.1 Å². The third-order valence-corrected chi connectivity index (χ3v) is 7.06. The Balaban J connectivity index is 1.19. The first kappa shape index (κ1) is 21.8. The number of carbonyl (C=O) groups is 1. The molecular weight excluding hydrogens is 414 g/mol. The Hall–Kier alpha value is -3.06. The molecule has 0 spiro atoms. The van der Waals surface area contributed by atoms with Crippen molar-refractivity contribution in [2.24, 2.45) is 11.8 Å². The maximum absolute atomic E-state index is 13.3. The van der Waals surface area contributed by atoms with E-state index in [4.69, 9.17) is 4.84 Å². The predicted octanol–water partition coefficient (Wildman–Crippen LogP) is 4.53. The molecule has 1 amide bonds. The predicted molar refractivity (Wildman–Crippen MR) is 124 cm³/mol. The molecule has 7 nitrogen and oxygen atoms in total. The topological polar surface area (TPSA) is 73.1 Å². The van der Waals surface area contributed by atoms with Crippen molar-refractivity contribution in [2.45, 2.75) is 58.4 Å². The van der Waals surface area contributed by atoms with Crippen LogP contribution in [0.2, 0.25) is 0 Å². The van der Waals surface area contributed by atoms with Crippen LogP contribution in [0, 0.1) is 25.7 Å². The van der Waals surface area contributed by atoms with Crippen molar-refractivity contribution >= 4 is 5.91 Å².